The van der Waals surface area contributed by atoms with Gasteiger partial charge in [0, 0.05) is 19.6 Å². The molecule has 1 N–H and O–H groups in total. The molecule has 1 aliphatic heterocycles. The topological polar surface area (TPSA) is 83.6 Å². The SMILES string of the molecule is CCCCS(=O)(=O)NCCN1CCCCS1(=O)=O. The molecule has 0 aromatic carbocycles. The number of nitrogens with one attached hydrogen (secondary N) is 1. The highest BCUT2D eigenvalue weighted by molar-refractivity contribution is 7.89. The van der Waals surface area contributed by atoms with Crippen molar-refractivity contribution in [3.05, 3.63) is 0 Å². The van der Waals surface area contributed by atoms with Crippen LogP contribution in [0.5, 0.6) is 0 Å². The maximum Gasteiger partial charge on any atom is 0.214 e. The molecule has 18 heavy (non-hydrogen) atoms. The van der Waals surface area contributed by atoms with Crippen LogP contribution in [-0.2, 0) is 20.0 Å². The number of sulfonamides is 2. The minimum absolute atomic E-state index is 0.107. The zero-order chi connectivity index (χ0) is 13.6. The van der Waals surface area contributed by atoms with E-state index in [0.717, 1.165) is 12.8 Å². The first-order valence-corrected chi connectivity index (χ1v) is 9.59. The number of rotatable bonds is 7. The monoisotopic (exact) mass is 298 g/mol. The van der Waals surface area contributed by atoms with Gasteiger partial charge < -0.3 is 0 Å². The van der Waals surface area contributed by atoms with Crippen LogP contribution >= 0.6 is 0 Å². The van der Waals surface area contributed by atoms with Crippen LogP contribution in [0.2, 0.25) is 0 Å². The Bertz CT molecular complexity index is 444. The molecule has 0 atom stereocenters. The van der Waals surface area contributed by atoms with Crippen LogP contribution in [0.25, 0.3) is 0 Å². The number of hydrogen-bond acceptors (Lipinski definition) is 4. The summed E-state index contributed by atoms with van der Waals surface area (Å²) in [4.78, 5) is 0. The van der Waals surface area contributed by atoms with Crippen LogP contribution in [0.3, 0.4) is 0 Å². The van der Waals surface area contributed by atoms with Gasteiger partial charge in [-0.2, -0.15) is 0 Å². The van der Waals surface area contributed by atoms with Crippen molar-refractivity contribution in [2.24, 2.45) is 0 Å². The highest BCUT2D eigenvalue weighted by atomic mass is 32.2. The van der Waals surface area contributed by atoms with Crippen molar-refractivity contribution in [1.29, 1.82) is 0 Å². The maximum absolute atomic E-state index is 11.7. The predicted molar refractivity (Wildman–Crippen MR) is 71.3 cm³/mol. The van der Waals surface area contributed by atoms with Crippen molar-refractivity contribution in [2.75, 3.05) is 31.1 Å². The van der Waals surface area contributed by atoms with Crippen molar-refractivity contribution in [3.8, 4) is 0 Å². The van der Waals surface area contributed by atoms with Crippen LogP contribution in [-0.4, -0.2) is 52.3 Å². The smallest absolute Gasteiger partial charge is 0.214 e. The van der Waals surface area contributed by atoms with E-state index in [1.807, 2.05) is 6.92 Å². The Labute approximate surface area is 110 Å². The second-order valence-corrected chi connectivity index (χ2v) is 8.50. The number of unbranched alkanes of at least 4 members (excludes halogenated alkanes) is 1. The van der Waals surface area contributed by atoms with Gasteiger partial charge in [-0.25, -0.2) is 25.9 Å². The van der Waals surface area contributed by atoms with E-state index in [9.17, 15) is 16.8 Å². The Morgan fingerprint density at radius 2 is 2.00 bits per heavy atom. The molecular formula is C10H22N2O4S2. The fraction of sp³-hybridized carbons (Fsp3) is 1.00. The summed E-state index contributed by atoms with van der Waals surface area (Å²) >= 11 is 0. The Morgan fingerprint density at radius 1 is 1.28 bits per heavy atom. The van der Waals surface area contributed by atoms with Gasteiger partial charge in [-0.05, 0) is 19.3 Å². The molecule has 0 radical (unpaired) electrons. The molecule has 0 amide bonds. The van der Waals surface area contributed by atoms with E-state index in [4.69, 9.17) is 0 Å². The molecule has 8 heteroatoms. The molecule has 0 unspecified atom stereocenters. The zero-order valence-electron chi connectivity index (χ0n) is 10.8. The van der Waals surface area contributed by atoms with Gasteiger partial charge in [0.25, 0.3) is 0 Å². The third kappa shape index (κ3) is 5.21. The lowest BCUT2D eigenvalue weighted by Gasteiger charge is -2.26. The number of hydrogen-bond donors (Lipinski definition) is 1. The Morgan fingerprint density at radius 3 is 2.61 bits per heavy atom. The lowest BCUT2D eigenvalue weighted by atomic mass is 10.3. The summed E-state index contributed by atoms with van der Waals surface area (Å²) in [5.74, 6) is 0.284. The molecule has 1 heterocycles. The van der Waals surface area contributed by atoms with Crippen molar-refractivity contribution in [3.63, 3.8) is 0 Å². The predicted octanol–water partition coefficient (Wildman–Crippen LogP) is 0.132. The maximum atomic E-state index is 11.7. The van der Waals surface area contributed by atoms with Crippen molar-refractivity contribution in [1.82, 2.24) is 9.03 Å². The normalized spacial score (nSPS) is 20.9. The van der Waals surface area contributed by atoms with E-state index in [-0.39, 0.29) is 24.6 Å². The van der Waals surface area contributed by atoms with E-state index in [1.54, 1.807) is 0 Å². The summed E-state index contributed by atoms with van der Waals surface area (Å²) < 4.78 is 50.2. The molecule has 1 fully saturated rings. The minimum atomic E-state index is -3.25. The van der Waals surface area contributed by atoms with Gasteiger partial charge in [0.05, 0.1) is 11.5 Å². The molecule has 0 aliphatic carbocycles. The minimum Gasteiger partial charge on any atom is -0.214 e. The Balaban J connectivity index is 2.37. The first-order chi connectivity index (χ1) is 8.37. The van der Waals surface area contributed by atoms with Gasteiger partial charge in [0.15, 0.2) is 0 Å². The second kappa shape index (κ2) is 6.83. The summed E-state index contributed by atoms with van der Waals surface area (Å²) in [6.45, 7) is 2.81. The van der Waals surface area contributed by atoms with Crippen LogP contribution in [0.15, 0.2) is 0 Å². The molecule has 1 aliphatic rings. The molecule has 1 rings (SSSR count). The zero-order valence-corrected chi connectivity index (χ0v) is 12.4. The van der Waals surface area contributed by atoms with Gasteiger partial charge >= 0.3 is 0 Å². The summed E-state index contributed by atoms with van der Waals surface area (Å²) in [6.07, 6.45) is 2.99. The van der Waals surface area contributed by atoms with E-state index in [2.05, 4.69) is 4.72 Å². The van der Waals surface area contributed by atoms with E-state index < -0.39 is 20.0 Å². The van der Waals surface area contributed by atoms with Gasteiger partial charge in [-0.1, -0.05) is 13.3 Å². The largest absolute Gasteiger partial charge is 0.214 e. The lowest BCUT2D eigenvalue weighted by Crippen LogP contribution is -2.42. The molecule has 6 nitrogen and oxygen atoms in total. The van der Waals surface area contributed by atoms with Crippen LogP contribution in [0.4, 0.5) is 0 Å². The summed E-state index contributed by atoms with van der Waals surface area (Å²) in [5, 5.41) is 0. The van der Waals surface area contributed by atoms with Crippen molar-refractivity contribution < 1.29 is 16.8 Å². The fourth-order valence-corrected chi connectivity index (χ4v) is 4.64. The molecule has 0 aromatic heterocycles. The average Bonchev–Trinajstić information content (AvgIpc) is 2.28. The summed E-state index contributed by atoms with van der Waals surface area (Å²) in [5.41, 5.74) is 0. The quantitative estimate of drug-likeness (QED) is 0.724. The highest BCUT2D eigenvalue weighted by Gasteiger charge is 2.25. The van der Waals surface area contributed by atoms with Crippen molar-refractivity contribution in [2.45, 2.75) is 32.6 Å². The van der Waals surface area contributed by atoms with Crippen LogP contribution in [0.1, 0.15) is 32.6 Å². The van der Waals surface area contributed by atoms with Gasteiger partial charge in [-0.15, -0.1) is 0 Å². The molecule has 108 valence electrons. The third-order valence-electron chi connectivity index (χ3n) is 2.90. The van der Waals surface area contributed by atoms with E-state index >= 15 is 0 Å². The number of nitrogens with zero attached hydrogens (tertiary/aromatic N) is 1. The summed E-state index contributed by atoms with van der Waals surface area (Å²) in [6, 6.07) is 0. The first kappa shape index (κ1) is 15.9. The molecule has 0 saturated carbocycles. The fourth-order valence-electron chi connectivity index (χ4n) is 1.82. The molecule has 1 saturated heterocycles. The van der Waals surface area contributed by atoms with Gasteiger partial charge in [-0.3, -0.25) is 0 Å². The molecular weight excluding hydrogens is 276 g/mol. The Hall–Kier alpha value is -0.180. The van der Waals surface area contributed by atoms with Gasteiger partial charge in [0.2, 0.25) is 20.0 Å². The average molecular weight is 298 g/mol. The highest BCUT2D eigenvalue weighted by Crippen LogP contribution is 2.12. The molecule has 0 spiro atoms. The summed E-state index contributed by atoms with van der Waals surface area (Å²) in [7, 11) is -6.41. The lowest BCUT2D eigenvalue weighted by molar-refractivity contribution is 0.386. The molecule has 0 aromatic rings. The Kier molecular flexibility index (Phi) is 6.03. The molecule has 0 bridgehead atoms. The van der Waals surface area contributed by atoms with E-state index in [1.165, 1.54) is 4.31 Å². The van der Waals surface area contributed by atoms with Gasteiger partial charge in [0.1, 0.15) is 0 Å². The second-order valence-electron chi connectivity index (χ2n) is 4.49. The third-order valence-corrected chi connectivity index (χ3v) is 6.33. The first-order valence-electron chi connectivity index (χ1n) is 6.32. The van der Waals surface area contributed by atoms with Crippen molar-refractivity contribution >= 4 is 20.0 Å². The van der Waals surface area contributed by atoms with Crippen LogP contribution in [0, 0.1) is 0 Å². The standard InChI is InChI=1S/C10H22N2O4S2/c1-2-3-9-17(13,14)11-6-8-12-7-4-5-10-18(12,15)16/h11H,2-10H2,1H3. The van der Waals surface area contributed by atoms with E-state index in [0.29, 0.717) is 19.4 Å². The van der Waals surface area contributed by atoms with Crippen LogP contribution < -0.4 is 4.72 Å².